The summed E-state index contributed by atoms with van der Waals surface area (Å²) in [4.78, 5) is 21.6. The first-order valence-corrected chi connectivity index (χ1v) is 7.32. The van der Waals surface area contributed by atoms with Gasteiger partial charge in [-0.05, 0) is 39.1 Å². The van der Waals surface area contributed by atoms with Gasteiger partial charge in [-0.1, -0.05) is 11.6 Å². The van der Waals surface area contributed by atoms with E-state index in [1.54, 1.807) is 21.7 Å². The Kier molecular flexibility index (Phi) is 4.45. The Hall–Kier alpha value is -1.40. The van der Waals surface area contributed by atoms with Crippen molar-refractivity contribution in [2.45, 2.75) is 26.8 Å². The quantitative estimate of drug-likeness (QED) is 0.882. The van der Waals surface area contributed by atoms with Gasteiger partial charge in [0.05, 0.1) is 10.5 Å². The van der Waals surface area contributed by atoms with Crippen LogP contribution in [0.3, 0.4) is 0 Å². The van der Waals surface area contributed by atoms with E-state index in [2.05, 4.69) is 9.97 Å². The molecule has 20 heavy (non-hydrogen) atoms. The lowest BCUT2D eigenvalue weighted by Crippen LogP contribution is -2.36. The maximum absolute atomic E-state index is 12.5. The van der Waals surface area contributed by atoms with Crippen molar-refractivity contribution in [2.24, 2.45) is 0 Å². The third-order valence-electron chi connectivity index (χ3n) is 3.34. The van der Waals surface area contributed by atoms with Gasteiger partial charge < -0.3 is 9.88 Å². The number of nitrogens with zero attached hydrogens (tertiary/aromatic N) is 3. The van der Waals surface area contributed by atoms with E-state index >= 15 is 0 Å². The zero-order valence-corrected chi connectivity index (χ0v) is 13.3. The van der Waals surface area contributed by atoms with Gasteiger partial charge in [-0.3, -0.25) is 9.36 Å². The van der Waals surface area contributed by atoms with Crippen LogP contribution in [0.25, 0.3) is 11.2 Å². The molecule has 2 heterocycles. The van der Waals surface area contributed by atoms with Crippen LogP contribution in [-0.4, -0.2) is 38.4 Å². The van der Waals surface area contributed by atoms with E-state index < -0.39 is 6.04 Å². The molecule has 0 saturated heterocycles. The van der Waals surface area contributed by atoms with Gasteiger partial charge in [0.1, 0.15) is 6.04 Å². The van der Waals surface area contributed by atoms with Crippen molar-refractivity contribution in [3.63, 3.8) is 0 Å². The Morgan fingerprint density at radius 2 is 2.20 bits per heavy atom. The molecule has 2 aromatic heterocycles. The average molecular weight is 313 g/mol. The van der Waals surface area contributed by atoms with E-state index in [9.17, 15) is 4.79 Å². The van der Waals surface area contributed by atoms with Crippen molar-refractivity contribution in [2.75, 3.05) is 13.1 Å². The standard InChI is InChI=1S/C13H17ClN4OS/c1-4-17(5-2)12(19)8(3)18-11-10(16-13(18)20)6-9(14)7-15-11/h6-8H,4-5H2,1-3H3,(H,16,20). The van der Waals surface area contributed by atoms with Gasteiger partial charge in [-0.2, -0.15) is 0 Å². The molecule has 0 saturated carbocycles. The molecule has 0 radical (unpaired) electrons. The summed E-state index contributed by atoms with van der Waals surface area (Å²) in [6.45, 7) is 7.10. The summed E-state index contributed by atoms with van der Waals surface area (Å²) >= 11 is 11.2. The molecule has 0 aliphatic rings. The predicted molar refractivity (Wildman–Crippen MR) is 82.6 cm³/mol. The summed E-state index contributed by atoms with van der Waals surface area (Å²) < 4.78 is 2.21. The zero-order valence-electron chi connectivity index (χ0n) is 11.7. The molecule has 108 valence electrons. The number of carbonyl (C=O) groups excluding carboxylic acids is 1. The van der Waals surface area contributed by atoms with Crippen molar-refractivity contribution in [1.29, 1.82) is 0 Å². The van der Waals surface area contributed by atoms with Crippen LogP contribution >= 0.6 is 23.8 Å². The molecule has 1 unspecified atom stereocenters. The average Bonchev–Trinajstić information content (AvgIpc) is 2.74. The summed E-state index contributed by atoms with van der Waals surface area (Å²) in [5.41, 5.74) is 1.38. The van der Waals surface area contributed by atoms with E-state index in [-0.39, 0.29) is 5.91 Å². The Morgan fingerprint density at radius 1 is 1.55 bits per heavy atom. The molecule has 1 amide bonds. The molecule has 5 nitrogen and oxygen atoms in total. The first kappa shape index (κ1) is 15.0. The Bertz CT molecular complexity index is 689. The highest BCUT2D eigenvalue weighted by atomic mass is 35.5. The van der Waals surface area contributed by atoms with Crippen LogP contribution in [0.4, 0.5) is 0 Å². The highest BCUT2D eigenvalue weighted by Crippen LogP contribution is 2.21. The number of pyridine rings is 1. The summed E-state index contributed by atoms with van der Waals surface area (Å²) in [6.07, 6.45) is 1.55. The molecule has 2 rings (SSSR count). The van der Waals surface area contributed by atoms with E-state index in [0.29, 0.717) is 28.5 Å². The fraction of sp³-hybridized carbons (Fsp3) is 0.462. The lowest BCUT2D eigenvalue weighted by molar-refractivity contribution is -0.133. The Balaban J connectivity index is 2.49. The first-order valence-electron chi connectivity index (χ1n) is 6.54. The number of hydrogen-bond donors (Lipinski definition) is 1. The Morgan fingerprint density at radius 3 is 2.80 bits per heavy atom. The first-order chi connectivity index (χ1) is 9.49. The van der Waals surface area contributed by atoms with Crippen molar-refractivity contribution in [3.05, 3.63) is 22.1 Å². The number of nitrogens with one attached hydrogen (secondary N) is 1. The molecule has 0 bridgehead atoms. The maximum atomic E-state index is 12.5. The SMILES string of the molecule is CCN(CC)C(=O)C(C)n1c(=S)[nH]c2cc(Cl)cnc21. The lowest BCUT2D eigenvalue weighted by Gasteiger charge is -2.23. The van der Waals surface area contributed by atoms with Crippen LogP contribution in [-0.2, 0) is 4.79 Å². The zero-order chi connectivity index (χ0) is 14.9. The van der Waals surface area contributed by atoms with Crippen LogP contribution < -0.4 is 0 Å². The molecule has 7 heteroatoms. The summed E-state index contributed by atoms with van der Waals surface area (Å²) in [6, 6.07) is 1.36. The summed E-state index contributed by atoms with van der Waals surface area (Å²) in [7, 11) is 0. The van der Waals surface area contributed by atoms with Crippen molar-refractivity contribution < 1.29 is 4.79 Å². The second kappa shape index (κ2) is 5.93. The molecule has 1 atom stereocenters. The second-order valence-corrected chi connectivity index (χ2v) is 5.33. The topological polar surface area (TPSA) is 53.9 Å². The number of amides is 1. The van der Waals surface area contributed by atoms with Gasteiger partial charge in [-0.15, -0.1) is 0 Å². The van der Waals surface area contributed by atoms with Crippen LogP contribution in [0, 0.1) is 4.77 Å². The number of halogens is 1. The maximum Gasteiger partial charge on any atom is 0.245 e. The smallest absolute Gasteiger partial charge is 0.245 e. The fourth-order valence-electron chi connectivity index (χ4n) is 2.26. The number of hydrogen-bond acceptors (Lipinski definition) is 3. The van der Waals surface area contributed by atoms with Crippen LogP contribution in [0.15, 0.2) is 12.3 Å². The molecule has 0 spiro atoms. The number of imidazole rings is 1. The number of likely N-dealkylation sites (N-methyl/N-ethyl adjacent to an activating group) is 1. The fourth-order valence-corrected chi connectivity index (χ4v) is 2.77. The molecule has 0 aromatic carbocycles. The highest BCUT2D eigenvalue weighted by molar-refractivity contribution is 7.71. The third kappa shape index (κ3) is 2.58. The molecular formula is C13H17ClN4OS. The largest absolute Gasteiger partial charge is 0.341 e. The minimum atomic E-state index is -0.398. The summed E-state index contributed by atoms with van der Waals surface area (Å²) in [5.74, 6) is 0.0313. The van der Waals surface area contributed by atoms with Crippen LogP contribution in [0.2, 0.25) is 5.02 Å². The number of rotatable bonds is 4. The molecule has 2 aromatic rings. The number of fused-ring (bicyclic) bond motifs is 1. The molecule has 1 N–H and O–H groups in total. The number of carbonyl (C=O) groups is 1. The molecule has 0 aliphatic carbocycles. The Labute approximate surface area is 127 Å². The number of H-pyrrole nitrogens is 1. The minimum Gasteiger partial charge on any atom is -0.341 e. The lowest BCUT2D eigenvalue weighted by atomic mass is 10.2. The van der Waals surface area contributed by atoms with E-state index in [1.807, 2.05) is 20.8 Å². The summed E-state index contributed by atoms with van der Waals surface area (Å²) in [5, 5.41) is 0.531. The predicted octanol–water partition coefficient (Wildman–Crippen LogP) is 3.18. The van der Waals surface area contributed by atoms with Crippen molar-refractivity contribution in [3.8, 4) is 0 Å². The third-order valence-corrected chi connectivity index (χ3v) is 3.85. The van der Waals surface area contributed by atoms with Crippen LogP contribution in [0.1, 0.15) is 26.8 Å². The molecular weight excluding hydrogens is 296 g/mol. The van der Waals surface area contributed by atoms with Gasteiger partial charge >= 0.3 is 0 Å². The van der Waals surface area contributed by atoms with E-state index in [0.717, 1.165) is 5.52 Å². The van der Waals surface area contributed by atoms with Crippen LogP contribution in [0.5, 0.6) is 0 Å². The van der Waals surface area contributed by atoms with Crippen molar-refractivity contribution >= 4 is 40.9 Å². The van der Waals surface area contributed by atoms with Gasteiger partial charge in [0.15, 0.2) is 10.4 Å². The minimum absolute atomic E-state index is 0.0313. The highest BCUT2D eigenvalue weighted by Gasteiger charge is 2.22. The number of aromatic amines is 1. The van der Waals surface area contributed by atoms with E-state index in [1.165, 1.54) is 0 Å². The van der Waals surface area contributed by atoms with E-state index in [4.69, 9.17) is 23.8 Å². The monoisotopic (exact) mass is 312 g/mol. The van der Waals surface area contributed by atoms with Crippen molar-refractivity contribution in [1.82, 2.24) is 19.4 Å². The normalized spacial score (nSPS) is 12.6. The van der Waals surface area contributed by atoms with Gasteiger partial charge in [0.2, 0.25) is 5.91 Å². The number of aromatic nitrogens is 3. The second-order valence-electron chi connectivity index (χ2n) is 4.51. The van der Waals surface area contributed by atoms with Gasteiger partial charge in [-0.25, -0.2) is 4.98 Å². The van der Waals surface area contributed by atoms with Gasteiger partial charge in [0.25, 0.3) is 0 Å². The van der Waals surface area contributed by atoms with Gasteiger partial charge in [0, 0.05) is 19.3 Å². The molecule has 0 fully saturated rings. The molecule has 0 aliphatic heterocycles.